The minimum absolute atomic E-state index is 0. The molecule has 0 aliphatic rings. The molecule has 0 N–H and O–H groups in total. The van der Waals surface area contributed by atoms with E-state index in [9.17, 15) is 0 Å². The molecule has 0 aliphatic heterocycles. The molecule has 0 amide bonds. The van der Waals surface area contributed by atoms with Gasteiger partial charge in [-0.15, -0.1) is 26.3 Å². The van der Waals surface area contributed by atoms with Crippen LogP contribution in [0.25, 0.3) is 28.3 Å². The molecular formula is C28H34. The molecule has 28 heavy (non-hydrogen) atoms. The molecular weight excluding hydrogens is 336 g/mol. The van der Waals surface area contributed by atoms with Crippen molar-refractivity contribution in [3.8, 4) is 22.3 Å². The van der Waals surface area contributed by atoms with Crippen LogP contribution in [0.15, 0.2) is 99.6 Å². The van der Waals surface area contributed by atoms with Crippen LogP contribution in [0.3, 0.4) is 0 Å². The third-order valence-electron chi connectivity index (χ3n) is 4.38. The maximum absolute atomic E-state index is 3.80. The number of benzene rings is 3. The van der Waals surface area contributed by atoms with Gasteiger partial charge in [-0.25, -0.2) is 0 Å². The molecule has 0 fully saturated rings. The molecule has 0 spiro atoms. The molecule has 0 aliphatic carbocycles. The third kappa shape index (κ3) is 6.25. The summed E-state index contributed by atoms with van der Waals surface area (Å²) in [6, 6.07) is 24.1. The SMILES string of the molecule is C.C=C.C=C.C=Cc1ccc(-c2ccc(-c3ccc(CC)cc3)c(C)c2)cc1. The second kappa shape index (κ2) is 13.1. The van der Waals surface area contributed by atoms with E-state index in [0.717, 1.165) is 12.0 Å². The summed E-state index contributed by atoms with van der Waals surface area (Å²) in [6.45, 7) is 20.2. The number of rotatable bonds is 4. The van der Waals surface area contributed by atoms with Gasteiger partial charge in [-0.1, -0.05) is 93.7 Å². The van der Waals surface area contributed by atoms with Crippen LogP contribution < -0.4 is 0 Å². The van der Waals surface area contributed by atoms with Crippen LogP contribution in [0.5, 0.6) is 0 Å². The van der Waals surface area contributed by atoms with Crippen molar-refractivity contribution < 1.29 is 0 Å². The molecule has 3 aromatic rings. The summed E-state index contributed by atoms with van der Waals surface area (Å²) in [7, 11) is 0. The predicted molar refractivity (Wildman–Crippen MR) is 131 cm³/mol. The van der Waals surface area contributed by atoms with Gasteiger partial charge in [0, 0.05) is 0 Å². The first-order valence-corrected chi connectivity index (χ1v) is 9.14. The van der Waals surface area contributed by atoms with E-state index in [0.29, 0.717) is 0 Å². The fourth-order valence-electron chi connectivity index (χ4n) is 2.90. The minimum atomic E-state index is 0. The van der Waals surface area contributed by atoms with E-state index in [1.807, 2.05) is 6.08 Å². The van der Waals surface area contributed by atoms with E-state index in [-0.39, 0.29) is 7.43 Å². The molecule has 146 valence electrons. The minimum Gasteiger partial charge on any atom is -0.106 e. The van der Waals surface area contributed by atoms with E-state index in [1.54, 1.807) is 0 Å². The highest BCUT2D eigenvalue weighted by molar-refractivity contribution is 5.74. The molecule has 0 heteroatoms. The van der Waals surface area contributed by atoms with Crippen LogP contribution in [0.1, 0.15) is 31.0 Å². The topological polar surface area (TPSA) is 0 Å². The summed E-state index contributed by atoms with van der Waals surface area (Å²) in [5, 5.41) is 0. The van der Waals surface area contributed by atoms with Gasteiger partial charge in [0.1, 0.15) is 0 Å². The predicted octanol–water partition coefficient (Wildman–Crippen LogP) is 8.77. The first-order chi connectivity index (χ1) is 13.2. The standard InChI is InChI=1S/C23H22.2C2H4.CH4/c1-4-18-6-10-20(11-7-18)22-14-15-23(17(3)16-22)21-12-8-19(5-2)9-13-21;2*1-2;/h4,6-16H,1,5H2,2-3H3;2*1-2H2;1H4. The Balaban J connectivity index is 0.00000137. The molecule has 0 saturated carbocycles. The van der Waals surface area contributed by atoms with Crippen molar-refractivity contribution in [1.29, 1.82) is 0 Å². The molecule has 0 saturated heterocycles. The normalized spacial score (nSPS) is 8.93. The van der Waals surface area contributed by atoms with Gasteiger partial charge < -0.3 is 0 Å². The highest BCUT2D eigenvalue weighted by Gasteiger charge is 2.05. The number of hydrogen-bond acceptors (Lipinski definition) is 0. The summed E-state index contributed by atoms with van der Waals surface area (Å²) in [5.41, 5.74) is 8.92. The smallest absolute Gasteiger partial charge is 0.0154 e. The molecule has 0 bridgehead atoms. The zero-order valence-electron chi connectivity index (χ0n) is 16.7. The van der Waals surface area contributed by atoms with E-state index < -0.39 is 0 Å². The van der Waals surface area contributed by atoms with Crippen molar-refractivity contribution in [3.05, 3.63) is 116 Å². The fraction of sp³-hybridized carbons (Fsp3) is 0.143. The van der Waals surface area contributed by atoms with E-state index in [2.05, 4.69) is 113 Å². The molecule has 3 aromatic carbocycles. The lowest BCUT2D eigenvalue weighted by Crippen LogP contribution is -1.87. The Bertz CT molecular complexity index is 834. The van der Waals surface area contributed by atoms with Gasteiger partial charge >= 0.3 is 0 Å². The molecule has 0 aromatic heterocycles. The van der Waals surface area contributed by atoms with Crippen molar-refractivity contribution in [3.63, 3.8) is 0 Å². The second-order valence-electron chi connectivity index (χ2n) is 5.91. The van der Waals surface area contributed by atoms with Gasteiger partial charge in [0.15, 0.2) is 0 Å². The van der Waals surface area contributed by atoms with Crippen LogP contribution in [0.4, 0.5) is 0 Å². The van der Waals surface area contributed by atoms with Crippen molar-refractivity contribution in [2.45, 2.75) is 27.7 Å². The van der Waals surface area contributed by atoms with E-state index in [4.69, 9.17) is 0 Å². The first kappa shape index (κ1) is 24.9. The molecule has 0 radical (unpaired) electrons. The highest BCUT2D eigenvalue weighted by atomic mass is 14.1. The molecule has 0 heterocycles. The van der Waals surface area contributed by atoms with Gasteiger partial charge in [0.05, 0.1) is 0 Å². The lowest BCUT2D eigenvalue weighted by molar-refractivity contribution is 1.14. The summed E-state index contributed by atoms with van der Waals surface area (Å²) in [5.74, 6) is 0. The Hall–Kier alpha value is -3.12. The van der Waals surface area contributed by atoms with Crippen LogP contribution >= 0.6 is 0 Å². The van der Waals surface area contributed by atoms with Crippen molar-refractivity contribution in [2.75, 3.05) is 0 Å². The Morgan fingerprint density at radius 2 is 1.21 bits per heavy atom. The average Bonchev–Trinajstić information content (AvgIpc) is 2.76. The lowest BCUT2D eigenvalue weighted by Gasteiger charge is -2.10. The molecule has 0 atom stereocenters. The number of hydrogen-bond donors (Lipinski definition) is 0. The quantitative estimate of drug-likeness (QED) is 0.402. The van der Waals surface area contributed by atoms with E-state index >= 15 is 0 Å². The lowest BCUT2D eigenvalue weighted by atomic mass is 9.95. The Morgan fingerprint density at radius 1 is 0.714 bits per heavy atom. The van der Waals surface area contributed by atoms with Gasteiger partial charge in [0.2, 0.25) is 0 Å². The van der Waals surface area contributed by atoms with Crippen molar-refractivity contribution in [2.24, 2.45) is 0 Å². The van der Waals surface area contributed by atoms with E-state index in [1.165, 1.54) is 33.4 Å². The summed E-state index contributed by atoms with van der Waals surface area (Å²) in [6.07, 6.45) is 2.96. The van der Waals surface area contributed by atoms with Gasteiger partial charge in [-0.2, -0.15) is 0 Å². The van der Waals surface area contributed by atoms with Crippen LogP contribution in [-0.4, -0.2) is 0 Å². The summed E-state index contributed by atoms with van der Waals surface area (Å²) < 4.78 is 0. The Labute approximate surface area is 172 Å². The monoisotopic (exact) mass is 370 g/mol. The van der Waals surface area contributed by atoms with Crippen molar-refractivity contribution >= 4 is 6.08 Å². The van der Waals surface area contributed by atoms with Gasteiger partial charge in [-0.05, 0) is 52.3 Å². The van der Waals surface area contributed by atoms with Gasteiger partial charge in [0.25, 0.3) is 0 Å². The van der Waals surface area contributed by atoms with Gasteiger partial charge in [-0.3, -0.25) is 0 Å². The highest BCUT2D eigenvalue weighted by Crippen LogP contribution is 2.29. The van der Waals surface area contributed by atoms with Crippen molar-refractivity contribution in [1.82, 2.24) is 0 Å². The zero-order valence-corrected chi connectivity index (χ0v) is 16.7. The second-order valence-corrected chi connectivity index (χ2v) is 5.91. The van der Waals surface area contributed by atoms with Crippen LogP contribution in [0.2, 0.25) is 0 Å². The first-order valence-electron chi connectivity index (χ1n) is 9.14. The Kier molecular flexibility index (Phi) is 11.6. The molecule has 3 rings (SSSR count). The third-order valence-corrected chi connectivity index (χ3v) is 4.38. The fourth-order valence-corrected chi connectivity index (χ4v) is 2.90. The Morgan fingerprint density at radius 3 is 1.68 bits per heavy atom. The summed E-state index contributed by atoms with van der Waals surface area (Å²) in [4.78, 5) is 0. The molecule has 0 nitrogen and oxygen atoms in total. The zero-order chi connectivity index (χ0) is 20.2. The summed E-state index contributed by atoms with van der Waals surface area (Å²) >= 11 is 0. The largest absolute Gasteiger partial charge is 0.106 e. The van der Waals surface area contributed by atoms with Crippen LogP contribution in [-0.2, 0) is 6.42 Å². The number of aryl methyl sites for hydroxylation is 2. The maximum Gasteiger partial charge on any atom is -0.0154 e. The molecule has 0 unspecified atom stereocenters. The maximum atomic E-state index is 3.80. The average molecular weight is 371 g/mol. The van der Waals surface area contributed by atoms with Crippen LogP contribution in [0, 0.1) is 6.92 Å².